The Bertz CT molecular complexity index is 182. The number of hydrogen-bond donors (Lipinski definition) is 1. The van der Waals surface area contributed by atoms with Gasteiger partial charge in [0.2, 0.25) is 0 Å². The van der Waals surface area contributed by atoms with Crippen LogP contribution in [-0.4, -0.2) is 35.2 Å². The van der Waals surface area contributed by atoms with Gasteiger partial charge in [-0.2, -0.15) is 0 Å². The van der Waals surface area contributed by atoms with E-state index in [2.05, 4.69) is 27.4 Å². The fraction of sp³-hybridized carbons (Fsp3) is 0.800. The summed E-state index contributed by atoms with van der Waals surface area (Å²) >= 11 is 3.37. The van der Waals surface area contributed by atoms with Crippen LogP contribution in [-0.2, 0) is 0 Å². The van der Waals surface area contributed by atoms with Crippen molar-refractivity contribution in [3.05, 3.63) is 11.1 Å². The average molecular weight is 248 g/mol. The molecule has 1 heterocycles. The molecule has 0 aromatic rings. The first-order valence-electron chi connectivity index (χ1n) is 4.86. The van der Waals surface area contributed by atoms with E-state index in [1.165, 1.54) is 12.8 Å². The van der Waals surface area contributed by atoms with Crippen molar-refractivity contribution in [2.24, 2.45) is 0 Å². The van der Waals surface area contributed by atoms with Gasteiger partial charge in [0.1, 0.15) is 0 Å². The first-order valence-corrected chi connectivity index (χ1v) is 5.66. The molecule has 1 aliphatic heterocycles. The molecule has 0 aliphatic carbocycles. The summed E-state index contributed by atoms with van der Waals surface area (Å²) < 4.78 is 1.00. The molecule has 76 valence electrons. The van der Waals surface area contributed by atoms with Gasteiger partial charge in [-0.05, 0) is 26.3 Å². The van der Waals surface area contributed by atoms with Crippen LogP contribution in [0.1, 0.15) is 26.2 Å². The van der Waals surface area contributed by atoms with Crippen molar-refractivity contribution >= 4 is 15.9 Å². The van der Waals surface area contributed by atoms with Crippen molar-refractivity contribution in [3.8, 4) is 0 Å². The number of likely N-dealkylation sites (tertiary alicyclic amines) is 1. The van der Waals surface area contributed by atoms with Crippen LogP contribution in [0.3, 0.4) is 0 Å². The van der Waals surface area contributed by atoms with Gasteiger partial charge in [0.05, 0.1) is 6.10 Å². The second-order valence-electron chi connectivity index (χ2n) is 3.79. The number of aliphatic hydroxyl groups excluding tert-OH is 1. The Morgan fingerprint density at radius 1 is 1.69 bits per heavy atom. The molecule has 2 atom stereocenters. The molecule has 1 aliphatic rings. The Labute approximate surface area is 88.7 Å². The van der Waals surface area contributed by atoms with E-state index in [1.807, 2.05) is 6.92 Å². The molecule has 2 nitrogen and oxygen atoms in total. The lowest BCUT2D eigenvalue weighted by Gasteiger charge is -2.37. The topological polar surface area (TPSA) is 23.5 Å². The second kappa shape index (κ2) is 5.13. The summed E-state index contributed by atoms with van der Waals surface area (Å²) in [6, 6.07) is 0.322. The van der Waals surface area contributed by atoms with Gasteiger partial charge in [0.25, 0.3) is 0 Å². The molecule has 3 heteroatoms. The van der Waals surface area contributed by atoms with Gasteiger partial charge in [-0.25, -0.2) is 0 Å². The van der Waals surface area contributed by atoms with Crippen molar-refractivity contribution in [1.82, 2.24) is 4.90 Å². The fourth-order valence-electron chi connectivity index (χ4n) is 1.98. The Kier molecular flexibility index (Phi) is 4.42. The molecule has 13 heavy (non-hydrogen) atoms. The Hall–Kier alpha value is 0.140. The minimum atomic E-state index is -0.229. The maximum absolute atomic E-state index is 9.57. The van der Waals surface area contributed by atoms with Crippen molar-refractivity contribution in [2.75, 3.05) is 13.1 Å². The number of piperidine rings is 1. The van der Waals surface area contributed by atoms with E-state index >= 15 is 0 Å². The molecule has 0 spiro atoms. The SMILES string of the molecule is C=C(Br)CN1CCCC[C@H]1[C@@H](C)O. The molecule has 0 aromatic carbocycles. The summed E-state index contributed by atoms with van der Waals surface area (Å²) in [5.74, 6) is 0. The van der Waals surface area contributed by atoms with E-state index in [0.717, 1.165) is 24.0 Å². The molecule has 1 fully saturated rings. The third-order valence-corrected chi connectivity index (χ3v) is 2.85. The lowest BCUT2D eigenvalue weighted by molar-refractivity contribution is 0.0435. The Morgan fingerprint density at radius 3 is 2.92 bits per heavy atom. The third-order valence-electron chi connectivity index (χ3n) is 2.60. The van der Waals surface area contributed by atoms with Crippen LogP contribution in [0.5, 0.6) is 0 Å². The van der Waals surface area contributed by atoms with Gasteiger partial charge in [0.15, 0.2) is 0 Å². The predicted octanol–water partition coefficient (Wildman–Crippen LogP) is 2.13. The van der Waals surface area contributed by atoms with Gasteiger partial charge in [-0.3, -0.25) is 4.90 Å². The highest BCUT2D eigenvalue weighted by atomic mass is 79.9. The molecule has 1 saturated heterocycles. The molecular weight excluding hydrogens is 230 g/mol. The maximum Gasteiger partial charge on any atom is 0.0667 e. The monoisotopic (exact) mass is 247 g/mol. The second-order valence-corrected chi connectivity index (χ2v) is 4.91. The summed E-state index contributed by atoms with van der Waals surface area (Å²) in [5, 5.41) is 9.57. The van der Waals surface area contributed by atoms with E-state index < -0.39 is 0 Å². The largest absolute Gasteiger partial charge is 0.392 e. The molecule has 1 N–H and O–H groups in total. The van der Waals surface area contributed by atoms with Crippen molar-refractivity contribution < 1.29 is 5.11 Å². The minimum Gasteiger partial charge on any atom is -0.392 e. The molecule has 0 bridgehead atoms. The summed E-state index contributed by atoms with van der Waals surface area (Å²) in [4.78, 5) is 2.31. The van der Waals surface area contributed by atoms with Crippen LogP contribution in [0, 0.1) is 0 Å². The number of rotatable bonds is 3. The highest BCUT2D eigenvalue weighted by molar-refractivity contribution is 9.11. The van der Waals surface area contributed by atoms with E-state index in [4.69, 9.17) is 0 Å². The van der Waals surface area contributed by atoms with Crippen molar-refractivity contribution in [1.29, 1.82) is 0 Å². The van der Waals surface area contributed by atoms with Crippen LogP contribution in [0.25, 0.3) is 0 Å². The first-order chi connectivity index (χ1) is 6.11. The lowest BCUT2D eigenvalue weighted by Crippen LogP contribution is -2.46. The molecule has 1 rings (SSSR count). The van der Waals surface area contributed by atoms with Crippen molar-refractivity contribution in [2.45, 2.75) is 38.3 Å². The van der Waals surface area contributed by atoms with Crippen LogP contribution >= 0.6 is 15.9 Å². The highest BCUT2D eigenvalue weighted by Gasteiger charge is 2.25. The molecule has 0 unspecified atom stereocenters. The molecule has 0 saturated carbocycles. The third kappa shape index (κ3) is 3.41. The summed E-state index contributed by atoms with van der Waals surface area (Å²) in [6.45, 7) is 7.65. The standard InChI is InChI=1S/C10H18BrNO/c1-8(11)7-12-6-4-3-5-10(12)9(2)13/h9-10,13H,1,3-7H2,2H3/t9-,10+/m1/s1. The van der Waals surface area contributed by atoms with E-state index in [-0.39, 0.29) is 6.10 Å². The van der Waals surface area contributed by atoms with Gasteiger partial charge >= 0.3 is 0 Å². The van der Waals surface area contributed by atoms with Crippen LogP contribution in [0.4, 0.5) is 0 Å². The van der Waals surface area contributed by atoms with Crippen LogP contribution < -0.4 is 0 Å². The number of halogens is 1. The quantitative estimate of drug-likeness (QED) is 0.827. The molecule has 0 amide bonds. The molecular formula is C10H18BrNO. The minimum absolute atomic E-state index is 0.229. The fourth-order valence-corrected chi connectivity index (χ4v) is 2.30. The molecule has 0 radical (unpaired) electrons. The normalized spacial score (nSPS) is 27.2. The van der Waals surface area contributed by atoms with Crippen LogP contribution in [0.15, 0.2) is 11.1 Å². The Morgan fingerprint density at radius 2 is 2.38 bits per heavy atom. The molecule has 0 aromatic heterocycles. The zero-order valence-corrected chi connectivity index (χ0v) is 9.76. The maximum atomic E-state index is 9.57. The lowest BCUT2D eigenvalue weighted by atomic mass is 9.98. The number of hydrogen-bond acceptors (Lipinski definition) is 2. The van der Waals surface area contributed by atoms with Gasteiger partial charge in [-0.15, -0.1) is 0 Å². The highest BCUT2D eigenvalue weighted by Crippen LogP contribution is 2.21. The van der Waals surface area contributed by atoms with Gasteiger partial charge in [0, 0.05) is 17.1 Å². The summed E-state index contributed by atoms with van der Waals surface area (Å²) in [5.41, 5.74) is 0. The average Bonchev–Trinajstić information content (AvgIpc) is 2.03. The first kappa shape index (κ1) is 11.2. The van der Waals surface area contributed by atoms with Crippen LogP contribution in [0.2, 0.25) is 0 Å². The van der Waals surface area contributed by atoms with Gasteiger partial charge < -0.3 is 5.11 Å². The van der Waals surface area contributed by atoms with Crippen molar-refractivity contribution in [3.63, 3.8) is 0 Å². The summed E-state index contributed by atoms with van der Waals surface area (Å²) in [6.07, 6.45) is 3.36. The summed E-state index contributed by atoms with van der Waals surface area (Å²) in [7, 11) is 0. The zero-order chi connectivity index (χ0) is 9.84. The Balaban J connectivity index is 2.51. The van der Waals surface area contributed by atoms with E-state index in [0.29, 0.717) is 6.04 Å². The zero-order valence-electron chi connectivity index (χ0n) is 8.17. The van der Waals surface area contributed by atoms with Gasteiger partial charge in [-0.1, -0.05) is 28.9 Å². The van der Waals surface area contributed by atoms with E-state index in [1.54, 1.807) is 0 Å². The van der Waals surface area contributed by atoms with E-state index in [9.17, 15) is 5.11 Å². The predicted molar refractivity (Wildman–Crippen MR) is 59.0 cm³/mol. The number of nitrogens with zero attached hydrogens (tertiary/aromatic N) is 1. The smallest absolute Gasteiger partial charge is 0.0667 e. The number of aliphatic hydroxyl groups is 1.